The Labute approximate surface area is 86.8 Å². The van der Waals surface area contributed by atoms with Crippen LogP contribution in [0.15, 0.2) is 0 Å². The van der Waals surface area contributed by atoms with Crippen LogP contribution in [0.25, 0.3) is 0 Å². The van der Waals surface area contributed by atoms with Gasteiger partial charge in [0.25, 0.3) is 0 Å². The topological polar surface area (TPSA) is 32.3 Å². The molecular formula is C11H22N2O. The molecule has 1 saturated carbocycles. The van der Waals surface area contributed by atoms with E-state index in [0.29, 0.717) is 6.04 Å². The van der Waals surface area contributed by atoms with Crippen molar-refractivity contribution in [2.24, 2.45) is 5.92 Å². The van der Waals surface area contributed by atoms with E-state index < -0.39 is 0 Å². The van der Waals surface area contributed by atoms with Gasteiger partial charge in [-0.2, -0.15) is 0 Å². The fourth-order valence-corrected chi connectivity index (χ4v) is 1.60. The van der Waals surface area contributed by atoms with Crippen LogP contribution in [0.5, 0.6) is 0 Å². The van der Waals surface area contributed by atoms with Gasteiger partial charge >= 0.3 is 0 Å². The molecule has 1 fully saturated rings. The lowest BCUT2D eigenvalue weighted by Gasteiger charge is -2.35. The lowest BCUT2D eigenvalue weighted by molar-refractivity contribution is -0.144. The fraction of sp³-hybridized carbons (Fsp3) is 0.909. The largest absolute Gasteiger partial charge is 0.275 e. The minimum atomic E-state index is 0.241. The smallest absolute Gasteiger partial charge is 0.240 e. The van der Waals surface area contributed by atoms with Gasteiger partial charge in [-0.25, -0.2) is 5.43 Å². The molecule has 3 heteroatoms. The molecule has 0 atom stereocenters. The van der Waals surface area contributed by atoms with Gasteiger partial charge in [-0.15, -0.1) is 0 Å². The molecular weight excluding hydrogens is 176 g/mol. The van der Waals surface area contributed by atoms with Gasteiger partial charge in [0, 0.05) is 18.0 Å². The van der Waals surface area contributed by atoms with Gasteiger partial charge in [0.1, 0.15) is 0 Å². The Morgan fingerprint density at radius 2 is 1.86 bits per heavy atom. The van der Waals surface area contributed by atoms with Crippen LogP contribution in [0.3, 0.4) is 0 Å². The molecule has 0 unspecified atom stereocenters. The van der Waals surface area contributed by atoms with Crippen LogP contribution in [0, 0.1) is 5.92 Å². The van der Waals surface area contributed by atoms with Crippen molar-refractivity contribution in [1.29, 1.82) is 0 Å². The minimum absolute atomic E-state index is 0.241. The number of amides is 1. The van der Waals surface area contributed by atoms with Crippen molar-refractivity contribution < 1.29 is 4.79 Å². The molecule has 1 amide bonds. The molecule has 0 spiro atoms. The van der Waals surface area contributed by atoms with Crippen LogP contribution in [-0.2, 0) is 4.79 Å². The monoisotopic (exact) mass is 198 g/mol. The molecule has 0 aromatic carbocycles. The quantitative estimate of drug-likeness (QED) is 0.700. The minimum Gasteiger partial charge on any atom is -0.275 e. The number of rotatable bonds is 4. The summed E-state index contributed by atoms with van der Waals surface area (Å²) in [4.78, 5) is 12.0. The number of nitrogens with one attached hydrogen (secondary N) is 1. The number of hydrogen-bond acceptors (Lipinski definition) is 2. The highest BCUT2D eigenvalue weighted by molar-refractivity contribution is 5.79. The molecule has 0 heterocycles. The van der Waals surface area contributed by atoms with Crippen molar-refractivity contribution >= 4 is 5.91 Å². The van der Waals surface area contributed by atoms with E-state index in [-0.39, 0.29) is 17.9 Å². The van der Waals surface area contributed by atoms with Gasteiger partial charge in [-0.3, -0.25) is 9.80 Å². The number of nitrogens with zero attached hydrogens (tertiary/aromatic N) is 1. The second-order valence-corrected chi connectivity index (χ2v) is 4.71. The first-order valence-electron chi connectivity index (χ1n) is 5.61. The lowest BCUT2D eigenvalue weighted by Crippen LogP contribution is -2.53. The molecule has 0 aromatic heterocycles. The number of hydrazine groups is 1. The van der Waals surface area contributed by atoms with Gasteiger partial charge in [0.15, 0.2) is 0 Å². The summed E-state index contributed by atoms with van der Waals surface area (Å²) in [6, 6.07) is 0.562. The summed E-state index contributed by atoms with van der Waals surface area (Å²) in [5.41, 5.74) is 3.21. The van der Waals surface area contributed by atoms with Gasteiger partial charge in [-0.1, -0.05) is 6.42 Å². The highest BCUT2D eigenvalue weighted by Gasteiger charge is 2.30. The van der Waals surface area contributed by atoms with E-state index >= 15 is 0 Å². The third-order valence-corrected chi connectivity index (χ3v) is 2.61. The van der Waals surface area contributed by atoms with Crippen molar-refractivity contribution in [1.82, 2.24) is 10.4 Å². The number of carbonyl (C=O) groups excluding carboxylic acids is 1. The molecule has 0 saturated heterocycles. The summed E-state index contributed by atoms with van der Waals surface area (Å²) in [5.74, 6) is 0.559. The standard InChI is InChI=1S/C11H22N2O/c1-8(2)12-13(9(3)4)11(14)10-6-5-7-10/h8-10,12H,5-7H2,1-4H3. The maximum Gasteiger partial charge on any atom is 0.240 e. The highest BCUT2D eigenvalue weighted by Crippen LogP contribution is 2.28. The zero-order chi connectivity index (χ0) is 10.7. The zero-order valence-electron chi connectivity index (χ0n) is 9.71. The predicted octanol–water partition coefficient (Wildman–Crippen LogP) is 1.94. The van der Waals surface area contributed by atoms with Crippen molar-refractivity contribution in [3.8, 4) is 0 Å². The van der Waals surface area contributed by atoms with E-state index in [1.54, 1.807) is 5.01 Å². The molecule has 14 heavy (non-hydrogen) atoms. The van der Waals surface area contributed by atoms with E-state index in [1.807, 2.05) is 13.8 Å². The Hall–Kier alpha value is -0.570. The van der Waals surface area contributed by atoms with Gasteiger partial charge < -0.3 is 0 Å². The molecule has 82 valence electrons. The lowest BCUT2D eigenvalue weighted by atomic mass is 9.84. The number of carbonyl (C=O) groups is 1. The van der Waals surface area contributed by atoms with Crippen molar-refractivity contribution in [3.63, 3.8) is 0 Å². The summed E-state index contributed by atoms with van der Waals surface area (Å²) in [5, 5.41) is 1.80. The summed E-state index contributed by atoms with van der Waals surface area (Å²) in [6.07, 6.45) is 3.35. The maximum atomic E-state index is 12.0. The molecule has 0 aromatic rings. The van der Waals surface area contributed by atoms with Gasteiger partial charge in [-0.05, 0) is 40.5 Å². The molecule has 0 aliphatic heterocycles. The first kappa shape index (κ1) is 11.5. The maximum absolute atomic E-state index is 12.0. The van der Waals surface area contributed by atoms with Gasteiger partial charge in [0.05, 0.1) is 0 Å². The molecule has 1 N–H and O–H groups in total. The fourth-order valence-electron chi connectivity index (χ4n) is 1.60. The van der Waals surface area contributed by atoms with E-state index in [0.717, 1.165) is 12.8 Å². The molecule has 0 bridgehead atoms. The molecule has 1 aliphatic rings. The Morgan fingerprint density at radius 1 is 1.29 bits per heavy atom. The van der Waals surface area contributed by atoms with E-state index in [4.69, 9.17) is 0 Å². The molecule has 3 nitrogen and oxygen atoms in total. The Morgan fingerprint density at radius 3 is 2.14 bits per heavy atom. The summed E-state index contributed by atoms with van der Waals surface area (Å²) < 4.78 is 0. The Kier molecular flexibility index (Phi) is 3.93. The van der Waals surface area contributed by atoms with Crippen LogP contribution in [-0.4, -0.2) is 23.0 Å². The van der Waals surface area contributed by atoms with Gasteiger partial charge in [0.2, 0.25) is 5.91 Å². The van der Waals surface area contributed by atoms with Crippen LogP contribution in [0.4, 0.5) is 0 Å². The molecule has 1 aliphatic carbocycles. The second kappa shape index (κ2) is 4.78. The third kappa shape index (κ3) is 2.71. The van der Waals surface area contributed by atoms with Crippen LogP contribution in [0.2, 0.25) is 0 Å². The number of hydrogen-bond donors (Lipinski definition) is 1. The predicted molar refractivity (Wildman–Crippen MR) is 57.6 cm³/mol. The van der Waals surface area contributed by atoms with Crippen molar-refractivity contribution in [3.05, 3.63) is 0 Å². The summed E-state index contributed by atoms with van der Waals surface area (Å²) in [7, 11) is 0. The van der Waals surface area contributed by atoms with Crippen molar-refractivity contribution in [2.75, 3.05) is 0 Å². The first-order valence-corrected chi connectivity index (χ1v) is 5.61. The van der Waals surface area contributed by atoms with Crippen LogP contribution in [0.1, 0.15) is 47.0 Å². The average Bonchev–Trinajstić information content (AvgIpc) is 1.95. The molecule has 1 rings (SSSR count). The van der Waals surface area contributed by atoms with E-state index in [2.05, 4.69) is 19.3 Å². The first-order chi connectivity index (χ1) is 6.52. The Bertz CT molecular complexity index is 197. The van der Waals surface area contributed by atoms with Crippen molar-refractivity contribution in [2.45, 2.75) is 59.0 Å². The van der Waals surface area contributed by atoms with E-state index in [9.17, 15) is 4.79 Å². The third-order valence-electron chi connectivity index (χ3n) is 2.61. The van der Waals surface area contributed by atoms with Crippen LogP contribution >= 0.6 is 0 Å². The SMILES string of the molecule is CC(C)NN(C(=O)C1CCC1)C(C)C. The average molecular weight is 198 g/mol. The Balaban J connectivity index is 2.52. The van der Waals surface area contributed by atoms with Crippen LogP contribution < -0.4 is 5.43 Å². The second-order valence-electron chi connectivity index (χ2n) is 4.71. The zero-order valence-corrected chi connectivity index (χ0v) is 9.71. The highest BCUT2D eigenvalue weighted by atomic mass is 16.2. The van der Waals surface area contributed by atoms with E-state index in [1.165, 1.54) is 6.42 Å². The summed E-state index contributed by atoms with van der Waals surface area (Å²) in [6.45, 7) is 8.21. The summed E-state index contributed by atoms with van der Waals surface area (Å²) >= 11 is 0. The molecule has 0 radical (unpaired) electrons. The normalized spacial score (nSPS) is 17.3.